The molecule has 1 aliphatic heterocycles. The molecule has 1 amide bonds. The van der Waals surface area contributed by atoms with Gasteiger partial charge in [0.15, 0.2) is 0 Å². The lowest BCUT2D eigenvalue weighted by Crippen LogP contribution is -2.44. The zero-order valence-corrected chi connectivity index (χ0v) is 12.7. The third kappa shape index (κ3) is 2.91. The van der Waals surface area contributed by atoms with Gasteiger partial charge in [-0.2, -0.15) is 0 Å². The van der Waals surface area contributed by atoms with Crippen LogP contribution in [0.25, 0.3) is 0 Å². The average molecular weight is 315 g/mol. The summed E-state index contributed by atoms with van der Waals surface area (Å²) < 4.78 is 0. The number of nitrogens with zero attached hydrogens (tertiary/aromatic N) is 2. The van der Waals surface area contributed by atoms with Gasteiger partial charge in [-0.25, -0.2) is 9.78 Å². The standard InChI is InChI=1S/C13H15ClN2O3S/c1-3-9-4-8(5-11(14)15-9)12(17)16-7(2)20-6-10(16)13(18)19/h4-5,7,10H,3,6H2,1-2H3,(H,18,19). The molecule has 0 radical (unpaired) electrons. The summed E-state index contributed by atoms with van der Waals surface area (Å²) in [4.78, 5) is 29.3. The zero-order chi connectivity index (χ0) is 14.9. The minimum atomic E-state index is -0.980. The fourth-order valence-electron chi connectivity index (χ4n) is 2.15. The number of thioether (sulfide) groups is 1. The van der Waals surface area contributed by atoms with Gasteiger partial charge in [-0.3, -0.25) is 4.79 Å². The number of carbonyl (C=O) groups excluding carboxylic acids is 1. The first-order chi connectivity index (χ1) is 9.43. The predicted molar refractivity (Wildman–Crippen MR) is 78.1 cm³/mol. The molecule has 1 aromatic rings. The maximum atomic E-state index is 12.6. The van der Waals surface area contributed by atoms with Gasteiger partial charge in [0.1, 0.15) is 11.2 Å². The van der Waals surface area contributed by atoms with Crippen LogP contribution < -0.4 is 0 Å². The van der Waals surface area contributed by atoms with Gasteiger partial charge in [0, 0.05) is 17.0 Å². The Bertz CT molecular complexity index is 552. The summed E-state index contributed by atoms with van der Waals surface area (Å²) >= 11 is 7.37. The molecule has 1 N–H and O–H groups in total. The Morgan fingerprint density at radius 3 is 2.85 bits per heavy atom. The summed E-state index contributed by atoms with van der Waals surface area (Å²) in [5.74, 6) is -0.887. The molecule has 0 bridgehead atoms. The second kappa shape index (κ2) is 6.01. The van der Waals surface area contributed by atoms with Gasteiger partial charge < -0.3 is 10.0 Å². The van der Waals surface area contributed by atoms with E-state index in [0.29, 0.717) is 23.4 Å². The Hall–Kier alpha value is -1.27. The molecule has 0 saturated carbocycles. The highest BCUT2D eigenvalue weighted by molar-refractivity contribution is 8.00. The molecule has 7 heteroatoms. The number of carboxylic acid groups (broad SMARTS) is 1. The molecule has 2 unspecified atom stereocenters. The Morgan fingerprint density at radius 1 is 1.55 bits per heavy atom. The molecular weight excluding hydrogens is 300 g/mol. The van der Waals surface area contributed by atoms with Crippen molar-refractivity contribution in [1.29, 1.82) is 0 Å². The molecule has 2 heterocycles. The Balaban J connectivity index is 2.34. The van der Waals surface area contributed by atoms with Crippen LogP contribution in [0.2, 0.25) is 5.15 Å². The minimum Gasteiger partial charge on any atom is -0.480 e. The van der Waals surface area contributed by atoms with Gasteiger partial charge in [0.05, 0.1) is 5.37 Å². The first kappa shape index (κ1) is 15.1. The number of carboxylic acids is 1. The van der Waals surface area contributed by atoms with Crippen molar-refractivity contribution in [1.82, 2.24) is 9.88 Å². The van der Waals surface area contributed by atoms with Crippen molar-refractivity contribution in [3.05, 3.63) is 28.5 Å². The highest BCUT2D eigenvalue weighted by atomic mass is 35.5. The van der Waals surface area contributed by atoms with Crippen LogP contribution in [-0.4, -0.2) is 44.0 Å². The molecule has 1 saturated heterocycles. The van der Waals surface area contributed by atoms with Crippen LogP contribution in [0.1, 0.15) is 29.9 Å². The lowest BCUT2D eigenvalue weighted by atomic mass is 10.1. The van der Waals surface area contributed by atoms with Crippen molar-refractivity contribution < 1.29 is 14.7 Å². The summed E-state index contributed by atoms with van der Waals surface area (Å²) in [7, 11) is 0. The maximum absolute atomic E-state index is 12.6. The molecule has 5 nitrogen and oxygen atoms in total. The van der Waals surface area contributed by atoms with E-state index in [0.717, 1.165) is 0 Å². The molecule has 2 atom stereocenters. The number of pyridine rings is 1. The normalized spacial score (nSPS) is 22.1. The third-order valence-corrected chi connectivity index (χ3v) is 4.61. The molecule has 108 valence electrons. The van der Waals surface area contributed by atoms with E-state index in [1.54, 1.807) is 6.07 Å². The number of carbonyl (C=O) groups is 2. The lowest BCUT2D eigenvalue weighted by molar-refractivity contribution is -0.141. The van der Waals surface area contributed by atoms with Crippen molar-refractivity contribution in [3.8, 4) is 0 Å². The number of aliphatic carboxylic acids is 1. The highest BCUT2D eigenvalue weighted by Gasteiger charge is 2.39. The number of halogens is 1. The van der Waals surface area contributed by atoms with Gasteiger partial charge in [-0.15, -0.1) is 11.8 Å². The number of amides is 1. The van der Waals surface area contributed by atoms with Gasteiger partial charge >= 0.3 is 5.97 Å². The molecule has 1 aliphatic rings. The Kier molecular flexibility index (Phi) is 4.55. The molecule has 20 heavy (non-hydrogen) atoms. The second-order valence-electron chi connectivity index (χ2n) is 4.52. The first-order valence-electron chi connectivity index (χ1n) is 6.27. The minimum absolute atomic E-state index is 0.166. The van der Waals surface area contributed by atoms with E-state index < -0.39 is 12.0 Å². The molecule has 0 aromatic carbocycles. The first-order valence-corrected chi connectivity index (χ1v) is 7.70. The Labute approximate surface area is 126 Å². The molecule has 1 fully saturated rings. The summed E-state index contributed by atoms with van der Waals surface area (Å²) in [6, 6.07) is 2.36. The Morgan fingerprint density at radius 2 is 2.25 bits per heavy atom. The number of rotatable bonds is 3. The maximum Gasteiger partial charge on any atom is 0.327 e. The van der Waals surface area contributed by atoms with Crippen LogP contribution in [0.3, 0.4) is 0 Å². The molecule has 1 aromatic heterocycles. The second-order valence-corrected chi connectivity index (χ2v) is 6.26. The number of hydrogen-bond acceptors (Lipinski definition) is 4. The molecule has 2 rings (SSSR count). The number of aromatic nitrogens is 1. The zero-order valence-electron chi connectivity index (χ0n) is 11.2. The van der Waals surface area contributed by atoms with E-state index in [4.69, 9.17) is 11.6 Å². The van der Waals surface area contributed by atoms with Crippen molar-refractivity contribution in [3.63, 3.8) is 0 Å². The molecule has 0 spiro atoms. The summed E-state index contributed by atoms with van der Waals surface area (Å²) in [6.07, 6.45) is 0.660. The van der Waals surface area contributed by atoms with E-state index in [1.807, 2.05) is 13.8 Å². The van der Waals surface area contributed by atoms with Crippen molar-refractivity contribution in [2.45, 2.75) is 31.7 Å². The van der Waals surface area contributed by atoms with Crippen LogP contribution in [0, 0.1) is 0 Å². The van der Waals surface area contributed by atoms with Crippen LogP contribution in [0.5, 0.6) is 0 Å². The quantitative estimate of drug-likeness (QED) is 0.867. The van der Waals surface area contributed by atoms with Crippen LogP contribution >= 0.6 is 23.4 Å². The van der Waals surface area contributed by atoms with E-state index in [9.17, 15) is 14.7 Å². The predicted octanol–water partition coefficient (Wildman–Crippen LogP) is 2.29. The van der Waals surface area contributed by atoms with E-state index >= 15 is 0 Å². The monoisotopic (exact) mass is 314 g/mol. The van der Waals surface area contributed by atoms with Gasteiger partial charge in [-0.05, 0) is 25.5 Å². The molecule has 0 aliphatic carbocycles. The van der Waals surface area contributed by atoms with Crippen molar-refractivity contribution in [2.24, 2.45) is 0 Å². The highest BCUT2D eigenvalue weighted by Crippen LogP contribution is 2.30. The topological polar surface area (TPSA) is 70.5 Å². The average Bonchev–Trinajstić information content (AvgIpc) is 2.79. The van der Waals surface area contributed by atoms with Crippen molar-refractivity contribution >= 4 is 35.2 Å². The van der Waals surface area contributed by atoms with Gasteiger partial charge in [0.2, 0.25) is 0 Å². The fourth-order valence-corrected chi connectivity index (χ4v) is 3.54. The third-order valence-electron chi connectivity index (χ3n) is 3.20. The van der Waals surface area contributed by atoms with Crippen LogP contribution in [0.4, 0.5) is 0 Å². The smallest absolute Gasteiger partial charge is 0.327 e. The number of aryl methyl sites for hydroxylation is 1. The van der Waals surface area contributed by atoms with Crippen LogP contribution in [-0.2, 0) is 11.2 Å². The summed E-state index contributed by atoms with van der Waals surface area (Å²) in [6.45, 7) is 3.75. The van der Waals surface area contributed by atoms with E-state index in [-0.39, 0.29) is 16.4 Å². The van der Waals surface area contributed by atoms with Crippen LogP contribution in [0.15, 0.2) is 12.1 Å². The summed E-state index contributed by atoms with van der Waals surface area (Å²) in [5, 5.41) is 9.29. The van der Waals surface area contributed by atoms with Crippen molar-refractivity contribution in [2.75, 3.05) is 5.75 Å². The largest absolute Gasteiger partial charge is 0.480 e. The van der Waals surface area contributed by atoms with E-state index in [2.05, 4.69) is 4.98 Å². The summed E-state index contributed by atoms with van der Waals surface area (Å²) in [5.41, 5.74) is 1.11. The van der Waals surface area contributed by atoms with E-state index in [1.165, 1.54) is 22.7 Å². The fraction of sp³-hybridized carbons (Fsp3) is 0.462. The van der Waals surface area contributed by atoms with Gasteiger partial charge in [-0.1, -0.05) is 18.5 Å². The lowest BCUT2D eigenvalue weighted by Gasteiger charge is -2.25. The molecular formula is C13H15ClN2O3S. The number of hydrogen-bond donors (Lipinski definition) is 1. The SMILES string of the molecule is CCc1cc(C(=O)N2C(C)SCC2C(=O)O)cc(Cl)n1. The van der Waals surface area contributed by atoms with Gasteiger partial charge in [0.25, 0.3) is 5.91 Å².